The summed E-state index contributed by atoms with van der Waals surface area (Å²) in [5, 5.41) is 7.52. The number of thioether (sulfide) groups is 1. The number of aromatic nitrogens is 1. The molecule has 140 valence electrons. The van der Waals surface area contributed by atoms with Crippen LogP contribution in [0.3, 0.4) is 0 Å². The minimum atomic E-state index is 0.383. The normalized spacial score (nSPS) is 17.9. The fraction of sp³-hybridized carbons (Fsp3) is 0.500. The van der Waals surface area contributed by atoms with Crippen molar-refractivity contribution in [3.8, 4) is 0 Å². The lowest BCUT2D eigenvalue weighted by Crippen LogP contribution is -2.39. The molecule has 6 heteroatoms. The molecule has 26 heavy (non-hydrogen) atoms. The van der Waals surface area contributed by atoms with Crippen LogP contribution in [0.4, 0.5) is 0 Å². The Morgan fingerprint density at radius 2 is 2.19 bits per heavy atom. The molecule has 0 saturated carbocycles. The van der Waals surface area contributed by atoms with E-state index >= 15 is 0 Å². The second-order valence-corrected chi connectivity index (χ2v) is 8.09. The predicted molar refractivity (Wildman–Crippen MR) is 108 cm³/mol. The Bertz CT molecular complexity index is 714. The molecule has 1 aliphatic rings. The van der Waals surface area contributed by atoms with E-state index in [1.165, 1.54) is 11.3 Å². The Kier molecular flexibility index (Phi) is 6.61. The van der Waals surface area contributed by atoms with Gasteiger partial charge < -0.3 is 14.7 Å². The fourth-order valence-corrected chi connectivity index (χ4v) is 4.12. The SMILES string of the molecule is CN=C(NCc1cc(C(C)C)no1)N1CCC(CSc2ccccc2)C1. The third kappa shape index (κ3) is 5.04. The minimum Gasteiger partial charge on any atom is -0.359 e. The van der Waals surface area contributed by atoms with E-state index in [-0.39, 0.29) is 0 Å². The largest absolute Gasteiger partial charge is 0.359 e. The van der Waals surface area contributed by atoms with Crippen LogP contribution in [-0.2, 0) is 6.54 Å². The maximum atomic E-state index is 5.40. The summed E-state index contributed by atoms with van der Waals surface area (Å²) < 4.78 is 5.40. The van der Waals surface area contributed by atoms with E-state index in [1.807, 2.05) is 24.9 Å². The summed E-state index contributed by atoms with van der Waals surface area (Å²) in [4.78, 5) is 8.13. The Morgan fingerprint density at radius 3 is 2.88 bits per heavy atom. The average Bonchev–Trinajstić information content (AvgIpc) is 3.31. The first kappa shape index (κ1) is 18.8. The fourth-order valence-electron chi connectivity index (χ4n) is 3.07. The molecule has 0 aliphatic carbocycles. The lowest BCUT2D eigenvalue weighted by molar-refractivity contribution is 0.369. The molecular weight excluding hydrogens is 344 g/mol. The molecule has 5 nitrogen and oxygen atoms in total. The molecule has 0 amide bonds. The number of nitrogens with zero attached hydrogens (tertiary/aromatic N) is 3. The van der Waals surface area contributed by atoms with Crippen LogP contribution in [0.2, 0.25) is 0 Å². The second-order valence-electron chi connectivity index (χ2n) is 7.00. The Hall–Kier alpha value is -1.95. The van der Waals surface area contributed by atoms with Gasteiger partial charge in [-0.25, -0.2) is 0 Å². The van der Waals surface area contributed by atoms with E-state index in [2.05, 4.69) is 64.5 Å². The summed E-state index contributed by atoms with van der Waals surface area (Å²) in [6.45, 7) is 6.95. The molecule has 0 spiro atoms. The number of hydrogen-bond donors (Lipinski definition) is 1. The second kappa shape index (κ2) is 9.12. The summed E-state index contributed by atoms with van der Waals surface area (Å²) in [6.07, 6.45) is 1.21. The van der Waals surface area contributed by atoms with Gasteiger partial charge in [-0.3, -0.25) is 4.99 Å². The number of guanidine groups is 1. The van der Waals surface area contributed by atoms with E-state index < -0.39 is 0 Å². The Morgan fingerprint density at radius 1 is 1.38 bits per heavy atom. The third-order valence-corrected chi connectivity index (χ3v) is 5.86. The van der Waals surface area contributed by atoms with Crippen molar-refractivity contribution in [2.75, 3.05) is 25.9 Å². The van der Waals surface area contributed by atoms with E-state index in [4.69, 9.17) is 4.52 Å². The third-order valence-electron chi connectivity index (χ3n) is 4.62. The molecule has 1 aromatic carbocycles. The van der Waals surface area contributed by atoms with Crippen molar-refractivity contribution < 1.29 is 4.52 Å². The van der Waals surface area contributed by atoms with Crippen molar-refractivity contribution in [1.29, 1.82) is 0 Å². The summed E-state index contributed by atoms with van der Waals surface area (Å²) in [5.41, 5.74) is 0.996. The van der Waals surface area contributed by atoms with E-state index in [1.54, 1.807) is 0 Å². The van der Waals surface area contributed by atoms with Crippen molar-refractivity contribution in [3.63, 3.8) is 0 Å². The molecule has 1 aromatic heterocycles. The van der Waals surface area contributed by atoms with E-state index in [0.29, 0.717) is 18.4 Å². The maximum Gasteiger partial charge on any atom is 0.194 e. The lowest BCUT2D eigenvalue weighted by atomic mass is 10.1. The van der Waals surface area contributed by atoms with Gasteiger partial charge in [0.05, 0.1) is 12.2 Å². The Balaban J connectivity index is 1.46. The number of benzene rings is 1. The van der Waals surface area contributed by atoms with Gasteiger partial charge in [-0.05, 0) is 30.4 Å². The van der Waals surface area contributed by atoms with Gasteiger partial charge in [-0.15, -0.1) is 11.8 Å². The average molecular weight is 373 g/mol. The molecule has 3 rings (SSSR count). The van der Waals surface area contributed by atoms with Gasteiger partial charge in [0.25, 0.3) is 0 Å². The highest BCUT2D eigenvalue weighted by molar-refractivity contribution is 7.99. The van der Waals surface area contributed by atoms with Crippen LogP contribution < -0.4 is 5.32 Å². The van der Waals surface area contributed by atoms with Gasteiger partial charge in [0, 0.05) is 36.9 Å². The number of hydrogen-bond acceptors (Lipinski definition) is 4. The van der Waals surface area contributed by atoms with Crippen LogP contribution in [0.1, 0.15) is 37.6 Å². The van der Waals surface area contributed by atoms with Crippen molar-refractivity contribution in [2.45, 2.75) is 37.6 Å². The van der Waals surface area contributed by atoms with Crippen molar-refractivity contribution >= 4 is 17.7 Å². The first-order chi connectivity index (χ1) is 12.7. The standard InChI is InChI=1S/C20H28N4OS/c1-15(2)19-11-17(25-23-19)12-22-20(21-3)24-10-9-16(13-24)14-26-18-7-5-4-6-8-18/h4-8,11,15-16H,9-10,12-14H2,1-3H3,(H,21,22). The highest BCUT2D eigenvalue weighted by Gasteiger charge is 2.25. The first-order valence-electron chi connectivity index (χ1n) is 9.24. The Labute approximate surface area is 160 Å². The minimum absolute atomic E-state index is 0.383. The molecule has 1 N–H and O–H groups in total. The van der Waals surface area contributed by atoms with Crippen LogP contribution in [-0.4, -0.2) is 41.9 Å². The van der Waals surface area contributed by atoms with Crippen LogP contribution in [0.25, 0.3) is 0 Å². The summed E-state index contributed by atoms with van der Waals surface area (Å²) in [6, 6.07) is 12.7. The van der Waals surface area contributed by atoms with Crippen LogP contribution in [0.5, 0.6) is 0 Å². The van der Waals surface area contributed by atoms with Crippen molar-refractivity contribution in [2.24, 2.45) is 10.9 Å². The molecule has 1 unspecified atom stereocenters. The highest BCUT2D eigenvalue weighted by atomic mass is 32.2. The van der Waals surface area contributed by atoms with Crippen LogP contribution in [0, 0.1) is 5.92 Å². The molecule has 2 heterocycles. The van der Waals surface area contributed by atoms with Gasteiger partial charge in [-0.1, -0.05) is 37.2 Å². The van der Waals surface area contributed by atoms with Crippen molar-refractivity contribution in [1.82, 2.24) is 15.4 Å². The number of rotatable bonds is 6. The molecule has 2 aromatic rings. The summed E-state index contributed by atoms with van der Waals surface area (Å²) in [7, 11) is 1.84. The number of nitrogens with one attached hydrogen (secondary N) is 1. The molecule has 0 radical (unpaired) electrons. The highest BCUT2D eigenvalue weighted by Crippen LogP contribution is 2.26. The van der Waals surface area contributed by atoms with Crippen LogP contribution >= 0.6 is 11.8 Å². The van der Waals surface area contributed by atoms with E-state index in [9.17, 15) is 0 Å². The van der Waals surface area contributed by atoms with Gasteiger partial charge in [0.15, 0.2) is 11.7 Å². The van der Waals surface area contributed by atoms with Gasteiger partial charge in [-0.2, -0.15) is 0 Å². The molecule has 1 saturated heterocycles. The zero-order valence-electron chi connectivity index (χ0n) is 15.8. The maximum absolute atomic E-state index is 5.40. The molecule has 1 atom stereocenters. The quantitative estimate of drug-likeness (QED) is 0.472. The smallest absolute Gasteiger partial charge is 0.194 e. The zero-order chi connectivity index (χ0) is 18.4. The van der Waals surface area contributed by atoms with Crippen molar-refractivity contribution in [3.05, 3.63) is 47.9 Å². The monoisotopic (exact) mass is 372 g/mol. The molecular formula is C20H28N4OS. The lowest BCUT2D eigenvalue weighted by Gasteiger charge is -2.21. The number of aliphatic imine (C=N–C) groups is 1. The van der Waals surface area contributed by atoms with Crippen LogP contribution in [0.15, 0.2) is 50.8 Å². The topological polar surface area (TPSA) is 53.7 Å². The summed E-state index contributed by atoms with van der Waals surface area (Å²) >= 11 is 1.94. The predicted octanol–water partition coefficient (Wildman–Crippen LogP) is 3.99. The first-order valence-corrected chi connectivity index (χ1v) is 10.2. The van der Waals surface area contributed by atoms with Gasteiger partial charge >= 0.3 is 0 Å². The van der Waals surface area contributed by atoms with Gasteiger partial charge in [0.2, 0.25) is 0 Å². The molecule has 1 aliphatic heterocycles. The van der Waals surface area contributed by atoms with Gasteiger partial charge in [0.1, 0.15) is 0 Å². The summed E-state index contributed by atoms with van der Waals surface area (Å²) in [5.74, 6) is 4.02. The molecule has 0 bridgehead atoms. The number of likely N-dealkylation sites (tertiary alicyclic amines) is 1. The zero-order valence-corrected chi connectivity index (χ0v) is 16.6. The van der Waals surface area contributed by atoms with E-state index in [0.717, 1.165) is 36.3 Å². The molecule has 1 fully saturated rings.